The van der Waals surface area contributed by atoms with Gasteiger partial charge in [0.2, 0.25) is 0 Å². The summed E-state index contributed by atoms with van der Waals surface area (Å²) >= 11 is 1.51. The fraction of sp³-hybridized carbons (Fsp3) is 0.0714. The molecule has 0 aliphatic heterocycles. The van der Waals surface area contributed by atoms with Crippen LogP contribution in [0.4, 0.5) is 0 Å². The average Bonchev–Trinajstić information content (AvgIpc) is 2.88. The third-order valence-electron chi connectivity index (χ3n) is 2.68. The summed E-state index contributed by atoms with van der Waals surface area (Å²) in [7, 11) is 0. The van der Waals surface area contributed by atoms with E-state index in [1.165, 1.54) is 11.8 Å². The Morgan fingerprint density at radius 2 is 2.11 bits per heavy atom. The number of hydrogen-bond acceptors (Lipinski definition) is 4. The van der Waals surface area contributed by atoms with E-state index in [-0.39, 0.29) is 0 Å². The van der Waals surface area contributed by atoms with Crippen molar-refractivity contribution in [2.45, 2.75) is 10.8 Å². The molecule has 3 rings (SSSR count). The molecule has 0 fully saturated rings. The fourth-order valence-corrected chi connectivity index (χ4v) is 2.62. The first-order valence-electron chi connectivity index (χ1n) is 5.78. The topological polar surface area (TPSA) is 65.4 Å². The first-order chi connectivity index (χ1) is 9.36. The van der Waals surface area contributed by atoms with E-state index in [0.29, 0.717) is 11.3 Å². The molecule has 3 aromatic rings. The van der Waals surface area contributed by atoms with Crippen LogP contribution in [0.2, 0.25) is 0 Å². The van der Waals surface area contributed by atoms with E-state index in [4.69, 9.17) is 5.26 Å². The van der Waals surface area contributed by atoms with E-state index in [0.717, 1.165) is 21.9 Å². The summed E-state index contributed by atoms with van der Waals surface area (Å²) in [5.41, 5.74) is 2.59. The van der Waals surface area contributed by atoms with Crippen LogP contribution in [-0.4, -0.2) is 15.0 Å². The van der Waals surface area contributed by atoms with Gasteiger partial charge in [-0.25, -0.2) is 9.97 Å². The maximum absolute atomic E-state index is 9.00. The molecule has 0 unspecified atom stereocenters. The van der Waals surface area contributed by atoms with Crippen molar-refractivity contribution < 1.29 is 0 Å². The Kier molecular flexibility index (Phi) is 3.17. The lowest BCUT2D eigenvalue weighted by molar-refractivity contribution is 1.09. The number of thioether (sulfide) groups is 1. The molecule has 0 aliphatic rings. The van der Waals surface area contributed by atoms with Gasteiger partial charge in [0, 0.05) is 6.20 Å². The van der Waals surface area contributed by atoms with E-state index in [2.05, 4.69) is 21.0 Å². The van der Waals surface area contributed by atoms with Gasteiger partial charge >= 0.3 is 0 Å². The number of nitriles is 1. The Morgan fingerprint density at radius 1 is 1.21 bits per heavy atom. The number of para-hydroxylation sites is 2. The average molecular weight is 266 g/mol. The van der Waals surface area contributed by atoms with Gasteiger partial charge in [-0.2, -0.15) is 5.26 Å². The Labute approximate surface area is 114 Å². The Morgan fingerprint density at radius 3 is 2.95 bits per heavy atom. The van der Waals surface area contributed by atoms with Crippen LogP contribution in [0.25, 0.3) is 11.0 Å². The molecule has 2 heterocycles. The number of nitrogens with zero attached hydrogens (tertiary/aromatic N) is 3. The molecule has 19 heavy (non-hydrogen) atoms. The van der Waals surface area contributed by atoms with Crippen LogP contribution < -0.4 is 0 Å². The second-order valence-corrected chi connectivity index (χ2v) is 4.92. The van der Waals surface area contributed by atoms with Crippen LogP contribution >= 0.6 is 11.8 Å². The minimum absolute atomic E-state index is 0.601. The Balaban J connectivity index is 1.81. The van der Waals surface area contributed by atoms with Gasteiger partial charge in [0.05, 0.1) is 22.3 Å². The number of H-pyrrole nitrogens is 1. The van der Waals surface area contributed by atoms with Crippen molar-refractivity contribution >= 4 is 22.8 Å². The minimum atomic E-state index is 0.601. The highest BCUT2D eigenvalue weighted by Gasteiger charge is 2.06. The molecule has 0 bridgehead atoms. The number of hydrogen-bond donors (Lipinski definition) is 1. The number of aromatic nitrogens is 3. The molecule has 4 nitrogen and oxygen atoms in total. The van der Waals surface area contributed by atoms with E-state index < -0.39 is 0 Å². The number of nitrogens with one attached hydrogen (secondary N) is 1. The lowest BCUT2D eigenvalue weighted by Crippen LogP contribution is -1.88. The van der Waals surface area contributed by atoms with Gasteiger partial charge in [-0.3, -0.25) is 0 Å². The SMILES string of the molecule is N#Cc1cccnc1SCc1nc2ccccc2[nH]1. The van der Waals surface area contributed by atoms with Crippen molar-refractivity contribution in [3.63, 3.8) is 0 Å². The van der Waals surface area contributed by atoms with Crippen molar-refractivity contribution in [3.05, 3.63) is 54.0 Å². The zero-order valence-electron chi connectivity index (χ0n) is 10.00. The highest BCUT2D eigenvalue weighted by atomic mass is 32.2. The van der Waals surface area contributed by atoms with Crippen LogP contribution in [0.15, 0.2) is 47.6 Å². The monoisotopic (exact) mass is 266 g/mol. The van der Waals surface area contributed by atoms with Gasteiger partial charge in [-0.1, -0.05) is 23.9 Å². The van der Waals surface area contributed by atoms with E-state index in [1.807, 2.05) is 24.3 Å². The van der Waals surface area contributed by atoms with Crippen LogP contribution in [0.5, 0.6) is 0 Å². The summed E-state index contributed by atoms with van der Waals surface area (Å²) in [5.74, 6) is 1.56. The molecule has 92 valence electrons. The van der Waals surface area contributed by atoms with E-state index in [1.54, 1.807) is 18.3 Å². The molecular formula is C14H10N4S. The van der Waals surface area contributed by atoms with Crippen molar-refractivity contribution in [3.8, 4) is 6.07 Å². The molecule has 0 radical (unpaired) electrons. The number of rotatable bonds is 3. The highest BCUT2D eigenvalue weighted by Crippen LogP contribution is 2.23. The Bertz CT molecular complexity index is 724. The van der Waals surface area contributed by atoms with Gasteiger partial charge in [-0.05, 0) is 24.3 Å². The summed E-state index contributed by atoms with van der Waals surface area (Å²) in [6.07, 6.45) is 1.70. The highest BCUT2D eigenvalue weighted by molar-refractivity contribution is 7.98. The third kappa shape index (κ3) is 2.44. The maximum atomic E-state index is 9.00. The first kappa shape index (κ1) is 11.8. The third-order valence-corrected chi connectivity index (χ3v) is 3.69. The molecule has 0 saturated carbocycles. The molecule has 5 heteroatoms. The van der Waals surface area contributed by atoms with Gasteiger partial charge in [0.1, 0.15) is 16.9 Å². The first-order valence-corrected chi connectivity index (χ1v) is 6.77. The largest absolute Gasteiger partial charge is 0.341 e. The van der Waals surface area contributed by atoms with Crippen molar-refractivity contribution in [1.82, 2.24) is 15.0 Å². The Hall–Kier alpha value is -2.32. The maximum Gasteiger partial charge on any atom is 0.117 e. The summed E-state index contributed by atoms with van der Waals surface area (Å²) in [4.78, 5) is 12.0. The second-order valence-electron chi connectivity index (χ2n) is 3.96. The summed E-state index contributed by atoms with van der Waals surface area (Å²) in [6, 6.07) is 13.6. The van der Waals surface area contributed by atoms with Crippen molar-refractivity contribution in [1.29, 1.82) is 5.26 Å². The van der Waals surface area contributed by atoms with Crippen LogP contribution in [0.1, 0.15) is 11.4 Å². The zero-order valence-corrected chi connectivity index (χ0v) is 10.8. The van der Waals surface area contributed by atoms with Gasteiger partial charge < -0.3 is 4.98 Å². The summed E-state index contributed by atoms with van der Waals surface area (Å²) < 4.78 is 0. The number of benzene rings is 1. The minimum Gasteiger partial charge on any atom is -0.341 e. The molecule has 0 amide bonds. The van der Waals surface area contributed by atoms with Crippen LogP contribution in [0, 0.1) is 11.3 Å². The molecule has 0 spiro atoms. The van der Waals surface area contributed by atoms with E-state index in [9.17, 15) is 0 Å². The fourth-order valence-electron chi connectivity index (χ4n) is 1.80. The van der Waals surface area contributed by atoms with Gasteiger partial charge in [0.15, 0.2) is 0 Å². The van der Waals surface area contributed by atoms with Gasteiger partial charge in [0.25, 0.3) is 0 Å². The van der Waals surface area contributed by atoms with E-state index >= 15 is 0 Å². The number of imidazole rings is 1. The normalized spacial score (nSPS) is 10.5. The lowest BCUT2D eigenvalue weighted by Gasteiger charge is -1.99. The zero-order chi connectivity index (χ0) is 13.1. The number of pyridine rings is 1. The molecule has 1 aromatic carbocycles. The molecule has 0 saturated heterocycles. The smallest absolute Gasteiger partial charge is 0.117 e. The van der Waals surface area contributed by atoms with Crippen LogP contribution in [0.3, 0.4) is 0 Å². The quantitative estimate of drug-likeness (QED) is 0.740. The van der Waals surface area contributed by atoms with Crippen molar-refractivity contribution in [2.75, 3.05) is 0 Å². The molecule has 0 atom stereocenters. The molecule has 2 aromatic heterocycles. The van der Waals surface area contributed by atoms with Gasteiger partial charge in [-0.15, -0.1) is 0 Å². The number of fused-ring (bicyclic) bond motifs is 1. The van der Waals surface area contributed by atoms with Crippen molar-refractivity contribution in [2.24, 2.45) is 0 Å². The molecule has 0 aliphatic carbocycles. The second kappa shape index (κ2) is 5.12. The number of aromatic amines is 1. The summed E-state index contributed by atoms with van der Waals surface area (Å²) in [6.45, 7) is 0. The predicted molar refractivity (Wildman–Crippen MR) is 74.6 cm³/mol. The standard InChI is InChI=1S/C14H10N4S/c15-8-10-4-3-7-16-14(10)19-9-13-17-11-5-1-2-6-12(11)18-13/h1-7H,9H2,(H,17,18). The lowest BCUT2D eigenvalue weighted by atomic mass is 10.3. The molecular weight excluding hydrogens is 256 g/mol. The predicted octanol–water partition coefficient (Wildman–Crippen LogP) is 3.12. The van der Waals surface area contributed by atoms with Crippen LogP contribution in [-0.2, 0) is 5.75 Å². The molecule has 1 N–H and O–H groups in total. The summed E-state index contributed by atoms with van der Waals surface area (Å²) in [5, 5.41) is 9.74.